The maximum absolute atomic E-state index is 12.5. The molecule has 4 aromatic rings. The highest BCUT2D eigenvalue weighted by Crippen LogP contribution is 2.25. The van der Waals surface area contributed by atoms with Crippen LogP contribution in [0.3, 0.4) is 0 Å². The molecule has 0 aliphatic heterocycles. The number of nitrogens with two attached hydrogens (primary N) is 1. The van der Waals surface area contributed by atoms with Crippen LogP contribution in [-0.4, -0.2) is 21.6 Å². The Morgan fingerprint density at radius 2 is 1.52 bits per heavy atom. The Labute approximate surface area is 179 Å². The van der Waals surface area contributed by atoms with E-state index in [4.69, 9.17) is 10.8 Å². The molecular weight excluding hydrogens is 388 g/mol. The predicted octanol–water partition coefficient (Wildman–Crippen LogP) is 4.29. The summed E-state index contributed by atoms with van der Waals surface area (Å²) in [7, 11) is 0. The standard InChI is InChI=1S/C25H20N4O2/c26-25(31)21-13-7-8-14-22(21)27-23(30)16-15-19-17-29(20-11-5-2-6-12-20)28-24(19)18-9-3-1-4-10-18/h1-17H,(H2,26,31)(H,27,30)/b16-15+. The molecule has 0 aliphatic rings. The first-order valence-electron chi connectivity index (χ1n) is 9.70. The van der Waals surface area contributed by atoms with Gasteiger partial charge in [-0.25, -0.2) is 4.68 Å². The van der Waals surface area contributed by atoms with Gasteiger partial charge in [0.2, 0.25) is 5.91 Å². The molecule has 0 spiro atoms. The number of anilines is 1. The summed E-state index contributed by atoms with van der Waals surface area (Å²) in [6.07, 6.45) is 4.99. The van der Waals surface area contributed by atoms with Crippen LogP contribution in [0.1, 0.15) is 15.9 Å². The van der Waals surface area contributed by atoms with E-state index in [0.717, 1.165) is 22.5 Å². The lowest BCUT2D eigenvalue weighted by molar-refractivity contribution is -0.111. The van der Waals surface area contributed by atoms with Crippen molar-refractivity contribution in [1.82, 2.24) is 9.78 Å². The van der Waals surface area contributed by atoms with Crippen molar-refractivity contribution < 1.29 is 9.59 Å². The zero-order valence-electron chi connectivity index (χ0n) is 16.6. The second-order valence-corrected chi connectivity index (χ2v) is 6.81. The van der Waals surface area contributed by atoms with Gasteiger partial charge in [-0.15, -0.1) is 0 Å². The summed E-state index contributed by atoms with van der Waals surface area (Å²) in [5.41, 5.74) is 9.40. The fraction of sp³-hybridized carbons (Fsp3) is 0. The van der Waals surface area contributed by atoms with Crippen LogP contribution in [0.2, 0.25) is 0 Å². The molecule has 6 nitrogen and oxygen atoms in total. The third-order valence-corrected chi connectivity index (χ3v) is 4.68. The fourth-order valence-electron chi connectivity index (χ4n) is 3.19. The lowest BCUT2D eigenvalue weighted by Gasteiger charge is -2.06. The van der Waals surface area contributed by atoms with Crippen LogP contribution in [-0.2, 0) is 4.79 Å². The van der Waals surface area contributed by atoms with Gasteiger partial charge >= 0.3 is 0 Å². The lowest BCUT2D eigenvalue weighted by atomic mass is 10.1. The molecule has 1 heterocycles. The largest absolute Gasteiger partial charge is 0.366 e. The number of carbonyl (C=O) groups is 2. The van der Waals surface area contributed by atoms with E-state index in [9.17, 15) is 9.59 Å². The van der Waals surface area contributed by atoms with Crippen molar-refractivity contribution in [2.24, 2.45) is 5.73 Å². The van der Waals surface area contributed by atoms with E-state index in [1.54, 1.807) is 35.0 Å². The monoisotopic (exact) mass is 408 g/mol. The molecule has 31 heavy (non-hydrogen) atoms. The molecule has 152 valence electrons. The molecule has 2 amide bonds. The second-order valence-electron chi connectivity index (χ2n) is 6.81. The van der Waals surface area contributed by atoms with E-state index in [-0.39, 0.29) is 11.5 Å². The van der Waals surface area contributed by atoms with Gasteiger partial charge in [-0.1, -0.05) is 60.7 Å². The van der Waals surface area contributed by atoms with Gasteiger partial charge in [-0.2, -0.15) is 5.10 Å². The minimum Gasteiger partial charge on any atom is -0.366 e. The molecular formula is C25H20N4O2. The van der Waals surface area contributed by atoms with Gasteiger partial charge in [0.05, 0.1) is 22.6 Å². The van der Waals surface area contributed by atoms with E-state index >= 15 is 0 Å². The van der Waals surface area contributed by atoms with E-state index in [1.165, 1.54) is 6.08 Å². The number of nitrogens with zero attached hydrogens (tertiary/aromatic N) is 2. The molecule has 3 aromatic carbocycles. The second kappa shape index (κ2) is 8.92. The van der Waals surface area contributed by atoms with Crippen molar-refractivity contribution in [2.45, 2.75) is 0 Å². The van der Waals surface area contributed by atoms with Crippen LogP contribution in [0.4, 0.5) is 5.69 Å². The molecule has 0 saturated heterocycles. The van der Waals surface area contributed by atoms with E-state index in [2.05, 4.69) is 5.32 Å². The first-order chi connectivity index (χ1) is 15.1. The average molecular weight is 408 g/mol. The van der Waals surface area contributed by atoms with Gasteiger partial charge < -0.3 is 11.1 Å². The Morgan fingerprint density at radius 3 is 2.23 bits per heavy atom. The van der Waals surface area contributed by atoms with Crippen LogP contribution in [0, 0.1) is 0 Å². The van der Waals surface area contributed by atoms with Gasteiger partial charge in [-0.3, -0.25) is 9.59 Å². The molecule has 3 N–H and O–H groups in total. The summed E-state index contributed by atoms with van der Waals surface area (Å²) in [4.78, 5) is 24.1. The number of hydrogen-bond donors (Lipinski definition) is 2. The van der Waals surface area contributed by atoms with Gasteiger partial charge in [0.1, 0.15) is 0 Å². The number of aromatic nitrogens is 2. The van der Waals surface area contributed by atoms with Crippen LogP contribution >= 0.6 is 0 Å². The van der Waals surface area contributed by atoms with Crippen molar-refractivity contribution in [2.75, 3.05) is 5.32 Å². The number of amides is 2. The molecule has 1 aromatic heterocycles. The van der Waals surface area contributed by atoms with Crippen LogP contribution in [0.5, 0.6) is 0 Å². The zero-order chi connectivity index (χ0) is 21.6. The minimum atomic E-state index is -0.601. The van der Waals surface area contributed by atoms with Crippen LogP contribution in [0.25, 0.3) is 23.0 Å². The van der Waals surface area contributed by atoms with Gasteiger partial charge in [0, 0.05) is 23.4 Å². The van der Waals surface area contributed by atoms with E-state index in [0.29, 0.717) is 5.69 Å². The smallest absolute Gasteiger partial charge is 0.250 e. The first-order valence-corrected chi connectivity index (χ1v) is 9.70. The van der Waals surface area contributed by atoms with Crippen LogP contribution in [0.15, 0.2) is 97.2 Å². The van der Waals surface area contributed by atoms with Crippen molar-refractivity contribution in [1.29, 1.82) is 0 Å². The fourth-order valence-corrected chi connectivity index (χ4v) is 3.19. The minimum absolute atomic E-state index is 0.256. The highest BCUT2D eigenvalue weighted by atomic mass is 16.2. The Bertz CT molecular complexity index is 1250. The number of primary amides is 1. The highest BCUT2D eigenvalue weighted by Gasteiger charge is 2.12. The summed E-state index contributed by atoms with van der Waals surface area (Å²) < 4.78 is 1.78. The third-order valence-electron chi connectivity index (χ3n) is 4.68. The quantitative estimate of drug-likeness (QED) is 0.466. The SMILES string of the molecule is NC(=O)c1ccccc1NC(=O)/C=C/c1cn(-c2ccccc2)nc1-c1ccccc1. The molecule has 6 heteroatoms. The Kier molecular flexibility index (Phi) is 5.71. The van der Waals surface area contributed by atoms with Crippen molar-refractivity contribution in [3.63, 3.8) is 0 Å². The summed E-state index contributed by atoms with van der Waals surface area (Å²) in [6, 6.07) is 26.1. The summed E-state index contributed by atoms with van der Waals surface area (Å²) in [5, 5.41) is 7.43. The van der Waals surface area contributed by atoms with Gasteiger partial charge in [-0.05, 0) is 30.3 Å². The summed E-state index contributed by atoms with van der Waals surface area (Å²) >= 11 is 0. The normalized spacial score (nSPS) is 10.8. The maximum atomic E-state index is 12.5. The lowest BCUT2D eigenvalue weighted by Crippen LogP contribution is -2.16. The summed E-state index contributed by atoms with van der Waals surface area (Å²) in [5.74, 6) is -0.976. The van der Waals surface area contributed by atoms with Gasteiger partial charge in [0.25, 0.3) is 5.91 Å². The highest BCUT2D eigenvalue weighted by molar-refractivity contribution is 6.07. The Morgan fingerprint density at radius 1 is 0.871 bits per heavy atom. The first kappa shape index (κ1) is 19.8. The molecule has 0 atom stereocenters. The molecule has 0 aliphatic carbocycles. The van der Waals surface area contributed by atoms with Gasteiger partial charge in [0.15, 0.2) is 0 Å². The van der Waals surface area contributed by atoms with E-state index in [1.807, 2.05) is 66.9 Å². The number of nitrogens with one attached hydrogen (secondary N) is 1. The number of hydrogen-bond acceptors (Lipinski definition) is 3. The predicted molar refractivity (Wildman–Crippen MR) is 122 cm³/mol. The Balaban J connectivity index is 1.64. The van der Waals surface area contributed by atoms with Crippen LogP contribution < -0.4 is 11.1 Å². The average Bonchev–Trinajstić information content (AvgIpc) is 3.23. The molecule has 0 bridgehead atoms. The zero-order valence-corrected chi connectivity index (χ0v) is 16.6. The number of rotatable bonds is 6. The third kappa shape index (κ3) is 4.59. The molecule has 4 rings (SSSR count). The van der Waals surface area contributed by atoms with Crippen molar-refractivity contribution in [3.8, 4) is 16.9 Å². The molecule has 0 saturated carbocycles. The number of benzene rings is 3. The topological polar surface area (TPSA) is 90.0 Å². The van der Waals surface area contributed by atoms with Crippen molar-refractivity contribution in [3.05, 3.63) is 108 Å². The molecule has 0 radical (unpaired) electrons. The van der Waals surface area contributed by atoms with Crippen molar-refractivity contribution >= 4 is 23.6 Å². The van der Waals surface area contributed by atoms with E-state index < -0.39 is 5.91 Å². The molecule has 0 fully saturated rings. The summed E-state index contributed by atoms with van der Waals surface area (Å²) in [6.45, 7) is 0. The number of para-hydroxylation sites is 2. The Hall–Kier alpha value is -4.45. The molecule has 0 unspecified atom stereocenters. The number of carbonyl (C=O) groups excluding carboxylic acids is 2. The maximum Gasteiger partial charge on any atom is 0.250 e.